The molecule has 0 bridgehead atoms. The maximum absolute atomic E-state index is 9.46. The second-order valence-electron chi connectivity index (χ2n) is 4.24. The zero-order valence-electron chi connectivity index (χ0n) is 13.3. The van der Waals surface area contributed by atoms with Crippen LogP contribution >= 0.6 is 0 Å². The van der Waals surface area contributed by atoms with Crippen molar-refractivity contribution < 1.29 is 9.22 Å². The molecule has 3 heterocycles. The molecule has 0 aliphatic carbocycles. The summed E-state index contributed by atoms with van der Waals surface area (Å²) >= 11 is 0. The molecule has 0 saturated heterocycles. The molecule has 5 nitrogen and oxygen atoms in total. The topological polar surface area (TPSA) is 53.7 Å². The normalized spacial score (nSPS) is 13.8. The molecule has 0 unspecified atom stereocenters. The summed E-state index contributed by atoms with van der Waals surface area (Å²) in [7, 11) is 1.47. The van der Waals surface area contributed by atoms with Crippen LogP contribution in [-0.4, -0.2) is 33.5 Å². The second-order valence-corrected chi connectivity index (χ2v) is 4.24. The van der Waals surface area contributed by atoms with Crippen LogP contribution in [0.5, 0.6) is 5.75 Å². The van der Waals surface area contributed by atoms with Gasteiger partial charge in [0.25, 0.3) is 0 Å². The smallest absolute Gasteiger partial charge is 0.137 e. The average Bonchev–Trinajstić information content (AvgIpc) is 2.88. The molecule has 0 aromatic carbocycles. The van der Waals surface area contributed by atoms with Gasteiger partial charge in [-0.05, 0) is 24.3 Å². The number of nitrogens with zero attached hydrogens (tertiary/aromatic N) is 4. The number of hydrogen-bond donors (Lipinski definition) is 1. The Morgan fingerprint density at radius 3 is 2.89 bits per heavy atom. The molecule has 1 N–H and O–H groups in total. The van der Waals surface area contributed by atoms with Crippen LogP contribution in [0.25, 0.3) is 16.9 Å². The molecule has 19 heavy (non-hydrogen) atoms. The van der Waals surface area contributed by atoms with Gasteiger partial charge in [-0.2, -0.15) is 0 Å². The van der Waals surface area contributed by atoms with Gasteiger partial charge in [0.15, 0.2) is 0 Å². The third kappa shape index (κ3) is 2.10. The second kappa shape index (κ2) is 4.28. The molecule has 0 atom stereocenters. The molecular weight excluding hydrogens is 240 g/mol. The fourth-order valence-corrected chi connectivity index (χ4v) is 1.86. The molecule has 0 amide bonds. The lowest BCUT2D eigenvalue weighted by Crippen LogP contribution is -2.09. The minimum absolute atomic E-state index is 0.157. The first-order valence-corrected chi connectivity index (χ1v) is 5.72. The average molecular weight is 260 g/mol. The van der Waals surface area contributed by atoms with E-state index >= 15 is 0 Å². The van der Waals surface area contributed by atoms with Gasteiger partial charge in [-0.15, -0.1) is 0 Å². The van der Waals surface area contributed by atoms with E-state index in [9.17, 15) is 5.11 Å². The Morgan fingerprint density at radius 1 is 1.26 bits per heavy atom. The van der Waals surface area contributed by atoms with Crippen molar-refractivity contribution >= 4 is 11.5 Å². The Morgan fingerprint density at radius 2 is 2.16 bits per heavy atom. The van der Waals surface area contributed by atoms with E-state index in [-0.39, 0.29) is 5.75 Å². The molecule has 0 fully saturated rings. The highest BCUT2D eigenvalue weighted by molar-refractivity contribution is 5.63. The van der Waals surface area contributed by atoms with E-state index < -0.39 is 6.98 Å². The van der Waals surface area contributed by atoms with E-state index in [1.54, 1.807) is 47.3 Å². The molecule has 0 spiro atoms. The molecule has 3 aromatic rings. The molecular formula is C14H14N4O. The van der Waals surface area contributed by atoms with Crippen molar-refractivity contribution in [3.05, 3.63) is 42.9 Å². The van der Waals surface area contributed by atoms with Crippen molar-refractivity contribution in [2.75, 3.05) is 18.9 Å². The number of aromatic nitrogens is 3. The maximum atomic E-state index is 9.46. The maximum Gasteiger partial charge on any atom is 0.137 e. The summed E-state index contributed by atoms with van der Waals surface area (Å²) < 4.78 is 23.8. The van der Waals surface area contributed by atoms with E-state index in [4.69, 9.17) is 4.11 Å². The zero-order valence-corrected chi connectivity index (χ0v) is 10.3. The van der Waals surface area contributed by atoms with Gasteiger partial charge in [-0.3, -0.25) is 0 Å². The van der Waals surface area contributed by atoms with Crippen LogP contribution in [0.15, 0.2) is 42.9 Å². The Balaban J connectivity index is 1.94. The fourth-order valence-electron chi connectivity index (χ4n) is 1.86. The number of anilines is 1. The van der Waals surface area contributed by atoms with E-state index in [0.717, 1.165) is 10.5 Å². The van der Waals surface area contributed by atoms with Crippen molar-refractivity contribution in [2.24, 2.45) is 0 Å². The standard InChI is InChI=1S/C14H14N4O/c1-17(2)13-5-3-10(7-15-13)12-9-18-8-11(19)4-6-14(18)16-12/h3-9,19H,1-2H3/i1T3. The van der Waals surface area contributed by atoms with Gasteiger partial charge >= 0.3 is 0 Å². The summed E-state index contributed by atoms with van der Waals surface area (Å²) in [6.07, 6.45) is 4.93. The summed E-state index contributed by atoms with van der Waals surface area (Å²) in [4.78, 5) is 9.75. The molecule has 96 valence electrons. The summed E-state index contributed by atoms with van der Waals surface area (Å²) in [6.45, 7) is -2.23. The van der Waals surface area contributed by atoms with Gasteiger partial charge in [0.05, 0.1) is 11.9 Å². The van der Waals surface area contributed by atoms with E-state index in [0.29, 0.717) is 17.2 Å². The third-order valence-electron chi connectivity index (χ3n) is 2.82. The summed E-state index contributed by atoms with van der Waals surface area (Å²) in [5.41, 5.74) is 2.17. The lowest BCUT2D eigenvalue weighted by Gasteiger charge is -2.10. The van der Waals surface area contributed by atoms with Gasteiger partial charge in [-0.25, -0.2) is 9.97 Å². The van der Waals surface area contributed by atoms with Gasteiger partial charge < -0.3 is 14.4 Å². The third-order valence-corrected chi connectivity index (χ3v) is 2.82. The Bertz CT molecular complexity index is 811. The quantitative estimate of drug-likeness (QED) is 0.767. The largest absolute Gasteiger partial charge is 0.506 e. The van der Waals surface area contributed by atoms with Crippen molar-refractivity contribution in [2.45, 2.75) is 0 Å². The molecule has 0 saturated carbocycles. The SMILES string of the molecule is [3H]C([3H])([3H])N(C)c1ccc(-c2cn3cc(O)ccc3n2)cn1. The number of pyridine rings is 2. The number of fused-ring (bicyclic) bond motifs is 1. The highest BCUT2D eigenvalue weighted by Gasteiger charge is 2.06. The van der Waals surface area contributed by atoms with Gasteiger partial charge in [-0.1, -0.05) is 0 Å². The molecule has 0 aliphatic heterocycles. The van der Waals surface area contributed by atoms with Crippen LogP contribution in [0.3, 0.4) is 0 Å². The summed E-state index contributed by atoms with van der Waals surface area (Å²) in [6, 6.07) is 6.69. The minimum atomic E-state index is -2.23. The molecule has 0 radical (unpaired) electrons. The number of rotatable bonds is 2. The Labute approximate surface area is 115 Å². The first-order valence-electron chi connectivity index (χ1n) is 7.22. The first-order chi connectivity index (χ1) is 10.3. The van der Waals surface area contributed by atoms with E-state index in [1.165, 1.54) is 7.05 Å². The highest BCUT2D eigenvalue weighted by Crippen LogP contribution is 2.21. The van der Waals surface area contributed by atoms with Crippen LogP contribution in [-0.2, 0) is 0 Å². The predicted molar refractivity (Wildman–Crippen MR) is 74.4 cm³/mol. The first kappa shape index (κ1) is 8.53. The lowest BCUT2D eigenvalue weighted by atomic mass is 10.2. The predicted octanol–water partition coefficient (Wildman–Crippen LogP) is 2.17. The number of aromatic hydroxyl groups is 1. The monoisotopic (exact) mass is 260 g/mol. The van der Waals surface area contributed by atoms with Gasteiger partial charge in [0.2, 0.25) is 0 Å². The number of hydrogen-bond acceptors (Lipinski definition) is 4. The summed E-state index contributed by atoms with van der Waals surface area (Å²) in [5, 5.41) is 9.46. The lowest BCUT2D eigenvalue weighted by molar-refractivity contribution is 0.472. The van der Waals surface area contributed by atoms with Crippen LogP contribution in [0.4, 0.5) is 5.82 Å². The van der Waals surface area contributed by atoms with Crippen molar-refractivity contribution in [1.29, 1.82) is 0 Å². The zero-order chi connectivity index (χ0) is 15.9. The fraction of sp³-hybridized carbons (Fsp3) is 0.143. The van der Waals surface area contributed by atoms with Gasteiger partial charge in [0, 0.05) is 36.1 Å². The van der Waals surface area contributed by atoms with Crippen molar-refractivity contribution in [3.63, 3.8) is 0 Å². The molecule has 3 aromatic heterocycles. The van der Waals surface area contributed by atoms with E-state index in [1.807, 2.05) is 0 Å². The van der Waals surface area contributed by atoms with E-state index in [2.05, 4.69) is 9.97 Å². The molecule has 0 aliphatic rings. The Kier molecular flexibility index (Phi) is 1.92. The van der Waals surface area contributed by atoms with Gasteiger partial charge in [0.1, 0.15) is 17.2 Å². The minimum Gasteiger partial charge on any atom is -0.506 e. The Hall–Kier alpha value is -2.56. The number of imidazole rings is 1. The van der Waals surface area contributed by atoms with Crippen molar-refractivity contribution in [3.8, 4) is 17.0 Å². The highest BCUT2D eigenvalue weighted by atomic mass is 16.3. The van der Waals surface area contributed by atoms with Crippen molar-refractivity contribution in [1.82, 2.24) is 14.4 Å². The van der Waals surface area contributed by atoms with Crippen LogP contribution in [0.1, 0.15) is 4.11 Å². The van der Waals surface area contributed by atoms with Crippen LogP contribution in [0, 0.1) is 0 Å². The van der Waals surface area contributed by atoms with Crippen LogP contribution < -0.4 is 4.90 Å². The molecule has 3 rings (SSSR count). The summed E-state index contributed by atoms with van der Waals surface area (Å²) in [5.74, 6) is 0.523. The van der Waals surface area contributed by atoms with Crippen LogP contribution in [0.2, 0.25) is 0 Å². The molecule has 5 heteroatoms.